The number of hydrogen-bond acceptors (Lipinski definition) is 3. The van der Waals surface area contributed by atoms with Crippen molar-refractivity contribution in [1.82, 2.24) is 9.80 Å². The molecule has 0 bridgehead atoms. The molecule has 0 aromatic carbocycles. The van der Waals surface area contributed by atoms with E-state index in [9.17, 15) is 9.59 Å². The van der Waals surface area contributed by atoms with Gasteiger partial charge in [-0.05, 0) is 19.1 Å². The molecule has 0 aliphatic carbocycles. The van der Waals surface area contributed by atoms with E-state index in [4.69, 9.17) is 11.6 Å². The average molecular weight is 327 g/mol. The first-order valence-electron chi connectivity index (χ1n) is 6.96. The van der Waals surface area contributed by atoms with E-state index in [0.717, 1.165) is 4.88 Å². The van der Waals surface area contributed by atoms with Crippen LogP contribution in [0.25, 0.3) is 0 Å². The number of rotatable bonds is 6. The minimum atomic E-state index is -0.243. The van der Waals surface area contributed by atoms with Gasteiger partial charge < -0.3 is 9.80 Å². The second kappa shape index (κ2) is 7.09. The normalized spacial score (nSPS) is 18.1. The molecule has 1 fully saturated rings. The van der Waals surface area contributed by atoms with E-state index in [1.165, 1.54) is 11.3 Å². The molecule has 2 amide bonds. The summed E-state index contributed by atoms with van der Waals surface area (Å²) in [6.45, 7) is 7.81. The fourth-order valence-corrected chi connectivity index (χ4v) is 3.62. The van der Waals surface area contributed by atoms with Crippen LogP contribution in [0.4, 0.5) is 0 Å². The molecule has 1 aromatic heterocycles. The Morgan fingerprint density at radius 3 is 2.90 bits per heavy atom. The molecule has 114 valence electrons. The van der Waals surface area contributed by atoms with Crippen LogP contribution in [0, 0.1) is 5.92 Å². The first-order valence-corrected chi connectivity index (χ1v) is 8.16. The minimum Gasteiger partial charge on any atom is -0.342 e. The second-order valence-electron chi connectivity index (χ2n) is 5.05. The number of carbonyl (C=O) groups is 2. The van der Waals surface area contributed by atoms with Crippen LogP contribution >= 0.6 is 22.9 Å². The van der Waals surface area contributed by atoms with Gasteiger partial charge in [-0.25, -0.2) is 0 Å². The van der Waals surface area contributed by atoms with Gasteiger partial charge in [0.25, 0.3) is 0 Å². The summed E-state index contributed by atoms with van der Waals surface area (Å²) in [6, 6.07) is 3.75. The molecule has 6 heteroatoms. The van der Waals surface area contributed by atoms with Crippen LogP contribution in [0.2, 0.25) is 4.34 Å². The Hall–Kier alpha value is -1.33. The van der Waals surface area contributed by atoms with Gasteiger partial charge in [0, 0.05) is 30.9 Å². The quantitative estimate of drug-likeness (QED) is 0.754. The van der Waals surface area contributed by atoms with Gasteiger partial charge >= 0.3 is 0 Å². The standard InChI is InChI=1S/C15H19ClN2O2S/c1-3-7-18(10-12-5-6-13(16)21-12)15(20)11-8-14(19)17(4-2)9-11/h3,5-6,11H,1,4,7-10H2,2H3. The van der Waals surface area contributed by atoms with Crippen LogP contribution < -0.4 is 0 Å². The first-order chi connectivity index (χ1) is 10.0. The van der Waals surface area contributed by atoms with Gasteiger partial charge in [0.2, 0.25) is 11.8 Å². The SMILES string of the molecule is C=CCN(Cc1ccc(Cl)s1)C(=O)C1CC(=O)N(CC)C1. The van der Waals surface area contributed by atoms with E-state index in [-0.39, 0.29) is 17.7 Å². The first kappa shape index (κ1) is 16.0. The van der Waals surface area contributed by atoms with Crippen molar-refractivity contribution in [1.29, 1.82) is 0 Å². The molecule has 1 saturated heterocycles. The molecule has 0 saturated carbocycles. The second-order valence-corrected chi connectivity index (χ2v) is 6.85. The van der Waals surface area contributed by atoms with Crippen LogP contribution in [0.15, 0.2) is 24.8 Å². The van der Waals surface area contributed by atoms with E-state index in [0.29, 0.717) is 36.9 Å². The van der Waals surface area contributed by atoms with Crippen LogP contribution in [0.5, 0.6) is 0 Å². The molecule has 2 rings (SSSR count). The van der Waals surface area contributed by atoms with Crippen LogP contribution in [0.1, 0.15) is 18.2 Å². The van der Waals surface area contributed by atoms with Crippen LogP contribution in [0.3, 0.4) is 0 Å². The zero-order chi connectivity index (χ0) is 15.4. The number of amides is 2. The molecule has 1 aliphatic rings. The van der Waals surface area contributed by atoms with E-state index < -0.39 is 0 Å². The molecule has 1 atom stereocenters. The lowest BCUT2D eigenvalue weighted by Crippen LogP contribution is -2.37. The van der Waals surface area contributed by atoms with Crippen molar-refractivity contribution in [2.75, 3.05) is 19.6 Å². The summed E-state index contributed by atoms with van der Waals surface area (Å²) in [6.07, 6.45) is 2.02. The molecule has 0 N–H and O–H groups in total. The number of nitrogens with zero attached hydrogens (tertiary/aromatic N) is 2. The highest BCUT2D eigenvalue weighted by Gasteiger charge is 2.35. The van der Waals surface area contributed by atoms with Gasteiger partial charge in [-0.2, -0.15) is 0 Å². The van der Waals surface area contributed by atoms with Gasteiger partial charge in [0.05, 0.1) is 16.8 Å². The third kappa shape index (κ3) is 3.86. The maximum atomic E-state index is 12.6. The fourth-order valence-electron chi connectivity index (χ4n) is 2.51. The summed E-state index contributed by atoms with van der Waals surface area (Å²) in [7, 11) is 0. The van der Waals surface area contributed by atoms with Crippen molar-refractivity contribution in [3.63, 3.8) is 0 Å². The molecule has 1 aromatic rings. The molecular weight excluding hydrogens is 308 g/mol. The Labute approximate surface area is 134 Å². The summed E-state index contributed by atoms with van der Waals surface area (Å²) in [5, 5.41) is 0. The maximum Gasteiger partial charge on any atom is 0.228 e. The van der Waals surface area contributed by atoms with Crippen molar-refractivity contribution in [3.05, 3.63) is 34.0 Å². The highest BCUT2D eigenvalue weighted by Crippen LogP contribution is 2.25. The van der Waals surface area contributed by atoms with Crippen LogP contribution in [-0.4, -0.2) is 41.2 Å². The van der Waals surface area contributed by atoms with E-state index in [1.807, 2.05) is 19.1 Å². The third-order valence-electron chi connectivity index (χ3n) is 3.58. The van der Waals surface area contributed by atoms with E-state index in [1.54, 1.807) is 15.9 Å². The van der Waals surface area contributed by atoms with Crippen molar-refractivity contribution < 1.29 is 9.59 Å². The largest absolute Gasteiger partial charge is 0.342 e. The number of thiophene rings is 1. The lowest BCUT2D eigenvalue weighted by atomic mass is 10.1. The maximum absolute atomic E-state index is 12.6. The summed E-state index contributed by atoms with van der Waals surface area (Å²) >= 11 is 7.40. The number of carbonyl (C=O) groups excluding carboxylic acids is 2. The summed E-state index contributed by atoms with van der Waals surface area (Å²) in [5.41, 5.74) is 0. The lowest BCUT2D eigenvalue weighted by molar-refractivity contribution is -0.135. The number of hydrogen-bond donors (Lipinski definition) is 0. The van der Waals surface area contributed by atoms with Gasteiger partial charge in [-0.3, -0.25) is 9.59 Å². The molecule has 1 aliphatic heterocycles. The molecule has 4 nitrogen and oxygen atoms in total. The highest BCUT2D eigenvalue weighted by molar-refractivity contribution is 7.16. The Morgan fingerprint density at radius 1 is 1.62 bits per heavy atom. The lowest BCUT2D eigenvalue weighted by Gasteiger charge is -2.23. The van der Waals surface area contributed by atoms with Gasteiger partial charge in [0.15, 0.2) is 0 Å². The topological polar surface area (TPSA) is 40.6 Å². The molecule has 1 unspecified atom stereocenters. The zero-order valence-corrected chi connectivity index (χ0v) is 13.6. The summed E-state index contributed by atoms with van der Waals surface area (Å²) in [5.74, 6) is -0.162. The predicted octanol–water partition coefficient (Wildman–Crippen LogP) is 2.78. The van der Waals surface area contributed by atoms with Gasteiger partial charge in [-0.15, -0.1) is 17.9 Å². The smallest absolute Gasteiger partial charge is 0.228 e. The molecular formula is C15H19ClN2O2S. The Morgan fingerprint density at radius 2 is 2.38 bits per heavy atom. The van der Waals surface area contributed by atoms with Crippen molar-refractivity contribution in [3.8, 4) is 0 Å². The van der Waals surface area contributed by atoms with Gasteiger partial charge in [-0.1, -0.05) is 17.7 Å². The number of likely N-dealkylation sites (tertiary alicyclic amines) is 1. The monoisotopic (exact) mass is 326 g/mol. The number of halogens is 1. The van der Waals surface area contributed by atoms with Crippen molar-refractivity contribution >= 4 is 34.8 Å². The van der Waals surface area contributed by atoms with Crippen molar-refractivity contribution in [2.24, 2.45) is 5.92 Å². The minimum absolute atomic E-state index is 0.0173. The van der Waals surface area contributed by atoms with Crippen LogP contribution in [-0.2, 0) is 16.1 Å². The predicted molar refractivity (Wildman–Crippen MR) is 85.3 cm³/mol. The Kier molecular flexibility index (Phi) is 5.42. The fraction of sp³-hybridized carbons (Fsp3) is 0.467. The Bertz CT molecular complexity index is 544. The van der Waals surface area contributed by atoms with E-state index >= 15 is 0 Å². The van der Waals surface area contributed by atoms with Crippen molar-refractivity contribution in [2.45, 2.75) is 19.9 Å². The third-order valence-corrected chi connectivity index (χ3v) is 4.80. The summed E-state index contributed by atoms with van der Waals surface area (Å²) < 4.78 is 0.712. The zero-order valence-electron chi connectivity index (χ0n) is 12.0. The summed E-state index contributed by atoms with van der Waals surface area (Å²) in [4.78, 5) is 28.9. The Balaban J connectivity index is 2.05. The molecule has 0 radical (unpaired) electrons. The van der Waals surface area contributed by atoms with E-state index in [2.05, 4.69) is 6.58 Å². The van der Waals surface area contributed by atoms with Gasteiger partial charge in [0.1, 0.15) is 0 Å². The molecule has 21 heavy (non-hydrogen) atoms. The highest BCUT2D eigenvalue weighted by atomic mass is 35.5. The molecule has 2 heterocycles. The molecule has 0 spiro atoms. The average Bonchev–Trinajstić information content (AvgIpc) is 3.03.